The molecule has 1 amide bonds. The standard InChI is InChI=1S/C22H30F7NO7S/c1-2-35-16(31)20(21(25,26)27,36-6-4-3-5-19(23,24)22(28,29)38(33)34)37-17(32)30-18-10-13-7-14(11-18)9-15(8-13)12-18/h13-15H,2-12H2,1H3,(H,30,32)(H,33,34)/p-1. The zero-order valence-electron chi connectivity index (χ0n) is 20.4. The number of carbonyl (C=O) groups is 2. The summed E-state index contributed by atoms with van der Waals surface area (Å²) in [7, 11) is 0. The third kappa shape index (κ3) is 6.21. The Morgan fingerprint density at radius 1 is 0.974 bits per heavy atom. The zero-order valence-corrected chi connectivity index (χ0v) is 21.2. The highest BCUT2D eigenvalue weighted by Crippen LogP contribution is 2.55. The van der Waals surface area contributed by atoms with E-state index in [1.807, 2.05) is 0 Å². The first-order chi connectivity index (χ1) is 17.5. The van der Waals surface area contributed by atoms with Gasteiger partial charge >= 0.3 is 35.2 Å². The number of hydrogen-bond acceptors (Lipinski definition) is 7. The van der Waals surface area contributed by atoms with Crippen LogP contribution < -0.4 is 5.32 Å². The summed E-state index contributed by atoms with van der Waals surface area (Å²) in [6, 6.07) is 0. The molecule has 0 aromatic heterocycles. The van der Waals surface area contributed by atoms with Crippen LogP contribution in [0.3, 0.4) is 0 Å². The van der Waals surface area contributed by atoms with Crippen LogP contribution >= 0.6 is 0 Å². The van der Waals surface area contributed by atoms with E-state index in [0.29, 0.717) is 37.0 Å². The first-order valence-electron chi connectivity index (χ1n) is 12.2. The molecule has 0 aliphatic heterocycles. The van der Waals surface area contributed by atoms with E-state index < -0.39 is 84.3 Å². The molecule has 0 heterocycles. The van der Waals surface area contributed by atoms with Gasteiger partial charge in [0.15, 0.2) is 0 Å². The van der Waals surface area contributed by atoms with Crippen molar-refractivity contribution >= 4 is 23.1 Å². The van der Waals surface area contributed by atoms with Gasteiger partial charge < -0.3 is 24.1 Å². The lowest BCUT2D eigenvalue weighted by Crippen LogP contribution is -2.63. The van der Waals surface area contributed by atoms with Gasteiger partial charge in [0, 0.05) is 23.0 Å². The number of amides is 1. The molecular formula is C22H29F7NO7S-. The Hall–Kier alpha value is -1.68. The summed E-state index contributed by atoms with van der Waals surface area (Å²) in [6.45, 7) is -0.491. The van der Waals surface area contributed by atoms with Gasteiger partial charge in [-0.25, -0.2) is 9.59 Å². The molecule has 0 radical (unpaired) electrons. The minimum atomic E-state index is -5.66. The van der Waals surface area contributed by atoms with Gasteiger partial charge in [-0.05, 0) is 76.0 Å². The highest BCUT2D eigenvalue weighted by Gasteiger charge is 2.68. The summed E-state index contributed by atoms with van der Waals surface area (Å²) in [5.41, 5.74) is -0.781. The van der Waals surface area contributed by atoms with E-state index in [-0.39, 0.29) is 0 Å². The van der Waals surface area contributed by atoms with E-state index >= 15 is 0 Å². The molecule has 0 saturated heterocycles. The number of alkyl carbamates (subject to hydrolysis) is 1. The summed E-state index contributed by atoms with van der Waals surface area (Å²) in [6.07, 6.45) is -5.98. The van der Waals surface area contributed by atoms with Crippen molar-refractivity contribution in [3.63, 3.8) is 0 Å². The molecule has 4 bridgehead atoms. The summed E-state index contributed by atoms with van der Waals surface area (Å²) >= 11 is -4.44. The molecule has 0 aromatic carbocycles. The summed E-state index contributed by atoms with van der Waals surface area (Å²) in [4.78, 5) is 25.1. The molecule has 2 atom stereocenters. The molecule has 0 aromatic rings. The second-order valence-electron chi connectivity index (χ2n) is 10.3. The molecule has 1 N–H and O–H groups in total. The largest absolute Gasteiger partial charge is 0.768 e. The number of alkyl halides is 7. The maximum atomic E-state index is 14.1. The number of esters is 1. The van der Waals surface area contributed by atoms with Crippen molar-refractivity contribution < 1.29 is 63.3 Å². The molecule has 2 unspecified atom stereocenters. The summed E-state index contributed by atoms with van der Waals surface area (Å²) in [5.74, 6) is -10.4. The first kappa shape index (κ1) is 30.9. The molecule has 4 saturated carbocycles. The van der Waals surface area contributed by atoms with Gasteiger partial charge in [0.1, 0.15) is 0 Å². The minimum absolute atomic E-state index is 0.319. The Balaban J connectivity index is 1.68. The number of nitrogens with one attached hydrogen (secondary N) is 1. The summed E-state index contributed by atoms with van der Waals surface area (Å²) < 4.78 is 130. The maximum absolute atomic E-state index is 14.1. The van der Waals surface area contributed by atoms with E-state index in [9.17, 15) is 49.1 Å². The van der Waals surface area contributed by atoms with Gasteiger partial charge in [-0.15, -0.1) is 0 Å². The van der Waals surface area contributed by atoms with Crippen LogP contribution in [0.25, 0.3) is 0 Å². The predicted molar refractivity (Wildman–Crippen MR) is 115 cm³/mol. The van der Waals surface area contributed by atoms with Crippen LogP contribution in [0.15, 0.2) is 0 Å². The van der Waals surface area contributed by atoms with Gasteiger partial charge in [0.25, 0.3) is 0 Å². The molecule has 4 fully saturated rings. The number of rotatable bonds is 12. The molecule has 8 nitrogen and oxygen atoms in total. The number of hydrogen-bond donors (Lipinski definition) is 1. The molecule has 4 rings (SSSR count). The maximum Gasteiger partial charge on any atom is 0.468 e. The second-order valence-corrected chi connectivity index (χ2v) is 11.3. The molecular weight excluding hydrogens is 555 g/mol. The Morgan fingerprint density at radius 3 is 1.95 bits per heavy atom. The van der Waals surface area contributed by atoms with Crippen LogP contribution in [-0.4, -0.2) is 62.7 Å². The fourth-order valence-electron chi connectivity index (χ4n) is 6.18. The second kappa shape index (κ2) is 11.1. The van der Waals surface area contributed by atoms with E-state index in [1.54, 1.807) is 0 Å². The zero-order chi connectivity index (χ0) is 28.6. The molecule has 38 heavy (non-hydrogen) atoms. The van der Waals surface area contributed by atoms with Crippen molar-refractivity contribution in [3.8, 4) is 0 Å². The molecule has 0 spiro atoms. The van der Waals surface area contributed by atoms with Crippen molar-refractivity contribution in [2.24, 2.45) is 17.8 Å². The van der Waals surface area contributed by atoms with Gasteiger partial charge in [-0.1, -0.05) is 0 Å². The fourth-order valence-corrected chi connectivity index (χ4v) is 6.53. The number of carbonyl (C=O) groups excluding carboxylic acids is 2. The monoisotopic (exact) mass is 584 g/mol. The van der Waals surface area contributed by atoms with Crippen molar-refractivity contribution in [2.45, 2.75) is 93.4 Å². The number of halogens is 7. The summed E-state index contributed by atoms with van der Waals surface area (Å²) in [5, 5.41) is -2.89. The number of ether oxygens (including phenoxy) is 3. The van der Waals surface area contributed by atoms with Gasteiger partial charge in [0.05, 0.1) is 13.2 Å². The third-order valence-corrected chi connectivity index (χ3v) is 8.10. The number of unbranched alkanes of at least 4 members (excludes halogenated alkanes) is 1. The smallest absolute Gasteiger partial charge is 0.468 e. The lowest BCUT2D eigenvalue weighted by atomic mass is 9.53. The lowest BCUT2D eigenvalue weighted by Gasteiger charge is -2.56. The average molecular weight is 585 g/mol. The van der Waals surface area contributed by atoms with Crippen LogP contribution in [0.4, 0.5) is 35.5 Å². The normalized spacial score (nSPS) is 29.4. The molecule has 4 aliphatic rings. The van der Waals surface area contributed by atoms with E-state index in [4.69, 9.17) is 0 Å². The van der Waals surface area contributed by atoms with Gasteiger partial charge in [-0.3, -0.25) is 4.21 Å². The van der Waals surface area contributed by atoms with Gasteiger partial charge in [-0.2, -0.15) is 30.7 Å². The van der Waals surface area contributed by atoms with E-state index in [1.165, 1.54) is 6.92 Å². The van der Waals surface area contributed by atoms with Crippen molar-refractivity contribution in [1.82, 2.24) is 5.32 Å². The lowest BCUT2D eigenvalue weighted by molar-refractivity contribution is -0.350. The van der Waals surface area contributed by atoms with E-state index in [0.717, 1.165) is 19.3 Å². The first-order valence-corrected chi connectivity index (χ1v) is 13.3. The van der Waals surface area contributed by atoms with Crippen LogP contribution in [0.1, 0.15) is 64.7 Å². The Labute approximate surface area is 216 Å². The van der Waals surface area contributed by atoms with Crippen LogP contribution in [0.5, 0.6) is 0 Å². The molecule has 4 aliphatic carbocycles. The van der Waals surface area contributed by atoms with Crippen LogP contribution in [-0.2, 0) is 30.1 Å². The topological polar surface area (TPSA) is 114 Å². The van der Waals surface area contributed by atoms with Gasteiger partial charge in [0.2, 0.25) is 0 Å². The average Bonchev–Trinajstić information content (AvgIpc) is 2.75. The Bertz CT molecular complexity index is 882. The van der Waals surface area contributed by atoms with Crippen molar-refractivity contribution in [2.75, 3.05) is 13.2 Å². The fraction of sp³-hybridized carbons (Fsp3) is 0.909. The van der Waals surface area contributed by atoms with Crippen molar-refractivity contribution in [1.29, 1.82) is 0 Å². The molecule has 220 valence electrons. The van der Waals surface area contributed by atoms with Crippen LogP contribution in [0, 0.1) is 17.8 Å². The van der Waals surface area contributed by atoms with E-state index in [2.05, 4.69) is 19.5 Å². The highest BCUT2D eigenvalue weighted by atomic mass is 32.2. The van der Waals surface area contributed by atoms with Crippen LogP contribution in [0.2, 0.25) is 0 Å². The predicted octanol–water partition coefficient (Wildman–Crippen LogP) is 4.80. The molecule has 16 heteroatoms. The SMILES string of the molecule is CCOC(=O)C(OCCCCC(F)(F)C(F)(F)S(=O)[O-])(OC(=O)NC12CC3CC(CC(C3)C1)C2)C(F)(F)F. The minimum Gasteiger partial charge on any atom is -0.768 e. The quantitative estimate of drug-likeness (QED) is 0.115. The Kier molecular flexibility index (Phi) is 8.98. The van der Waals surface area contributed by atoms with Crippen molar-refractivity contribution in [3.05, 3.63) is 0 Å². The Morgan fingerprint density at radius 2 is 1.50 bits per heavy atom. The third-order valence-electron chi connectivity index (χ3n) is 7.38. The highest BCUT2D eigenvalue weighted by molar-refractivity contribution is 7.80.